The van der Waals surface area contributed by atoms with Crippen LogP contribution < -0.4 is 4.74 Å². The summed E-state index contributed by atoms with van der Waals surface area (Å²) >= 11 is 0. The Bertz CT molecular complexity index is 731. The molecule has 1 aliphatic rings. The normalized spacial score (nSPS) is 15.0. The van der Waals surface area contributed by atoms with Gasteiger partial charge in [0.15, 0.2) is 0 Å². The summed E-state index contributed by atoms with van der Waals surface area (Å²) in [5.41, 5.74) is 0. The number of esters is 2. The number of hydrogen-bond acceptors (Lipinski definition) is 5. The molecule has 0 saturated carbocycles. The first-order valence-corrected chi connectivity index (χ1v) is 6.47. The summed E-state index contributed by atoms with van der Waals surface area (Å²) < 4.78 is 74.2. The van der Waals surface area contributed by atoms with Crippen molar-refractivity contribution in [2.24, 2.45) is 4.99 Å². The second kappa shape index (κ2) is 7.20. The largest absolute Gasteiger partial charge is 0.420 e. The quantitative estimate of drug-likeness (QED) is 0.205. The van der Waals surface area contributed by atoms with Gasteiger partial charge < -0.3 is 9.47 Å². The Hall–Kier alpha value is -2.78. The minimum Gasteiger partial charge on any atom is -0.420 e. The molecule has 0 bridgehead atoms. The van der Waals surface area contributed by atoms with E-state index in [0.717, 1.165) is 6.08 Å². The fourth-order valence-corrected chi connectivity index (χ4v) is 1.65. The van der Waals surface area contributed by atoms with Gasteiger partial charge in [-0.25, -0.2) is 18.0 Å². The molecule has 1 aromatic carbocycles. The highest BCUT2D eigenvalue weighted by molar-refractivity contribution is 6.07. The van der Waals surface area contributed by atoms with Gasteiger partial charge in [0.25, 0.3) is 0 Å². The maximum Gasteiger partial charge on any atom is 0.337 e. The van der Waals surface area contributed by atoms with Gasteiger partial charge in [-0.05, 0) is 6.42 Å². The molecule has 128 valence electrons. The molecule has 0 spiro atoms. The van der Waals surface area contributed by atoms with Gasteiger partial charge in [-0.3, -0.25) is 9.79 Å². The third-order valence-corrected chi connectivity index (χ3v) is 2.76. The Kier molecular flexibility index (Phi) is 5.27. The van der Waals surface area contributed by atoms with Crippen LogP contribution in [-0.4, -0.2) is 24.4 Å². The first-order chi connectivity index (χ1) is 11.3. The van der Waals surface area contributed by atoms with Gasteiger partial charge in [-0.15, -0.1) is 0 Å². The van der Waals surface area contributed by atoms with Crippen LogP contribution in [0.2, 0.25) is 0 Å². The molecule has 0 aliphatic carbocycles. The van der Waals surface area contributed by atoms with Crippen molar-refractivity contribution in [2.75, 3.05) is 6.54 Å². The van der Waals surface area contributed by atoms with Crippen LogP contribution in [-0.2, 0) is 14.3 Å². The molecule has 0 atom stereocenters. The lowest BCUT2D eigenvalue weighted by molar-refractivity contribution is -0.135. The highest BCUT2D eigenvalue weighted by Crippen LogP contribution is 2.29. The molecule has 1 aromatic rings. The van der Waals surface area contributed by atoms with Crippen molar-refractivity contribution >= 4 is 17.8 Å². The summed E-state index contributed by atoms with van der Waals surface area (Å²) in [6.07, 6.45) is 2.06. The summed E-state index contributed by atoms with van der Waals surface area (Å²) in [4.78, 5) is 25.9. The van der Waals surface area contributed by atoms with E-state index in [2.05, 4.69) is 14.5 Å². The highest BCUT2D eigenvalue weighted by atomic mass is 19.2. The van der Waals surface area contributed by atoms with Crippen molar-refractivity contribution < 1.29 is 41.0 Å². The lowest BCUT2D eigenvalue weighted by atomic mass is 10.2. The Morgan fingerprint density at radius 1 is 1.00 bits per heavy atom. The molecule has 5 nitrogen and oxygen atoms in total. The Labute approximate surface area is 131 Å². The van der Waals surface area contributed by atoms with Crippen LogP contribution >= 0.6 is 0 Å². The molecule has 1 aliphatic heterocycles. The minimum absolute atomic E-state index is 0.0131. The first kappa shape index (κ1) is 17.6. The number of benzene rings is 1. The van der Waals surface area contributed by atoms with Gasteiger partial charge >= 0.3 is 11.9 Å². The molecule has 2 rings (SSSR count). The molecule has 0 N–H and O–H groups in total. The fraction of sp³-hybridized carbons (Fsp3) is 0.214. The average molecular weight is 349 g/mol. The lowest BCUT2D eigenvalue weighted by Gasteiger charge is -2.08. The number of cyclic esters (lactones) is 1. The SMILES string of the molecule is O=C1C=CC(=NCCCC(=O)Oc2c(F)c(F)c(F)c(F)c2F)O1. The Morgan fingerprint density at radius 3 is 2.12 bits per heavy atom. The van der Waals surface area contributed by atoms with Gasteiger partial charge in [-0.2, -0.15) is 8.78 Å². The van der Waals surface area contributed by atoms with Crippen LogP contribution in [0, 0.1) is 29.1 Å². The number of aliphatic imine (C=N–C) groups is 1. The number of hydrogen-bond donors (Lipinski definition) is 0. The van der Waals surface area contributed by atoms with Crippen LogP contribution in [0.5, 0.6) is 5.75 Å². The predicted molar refractivity (Wildman–Crippen MR) is 68.6 cm³/mol. The molecule has 1 heterocycles. The zero-order chi connectivity index (χ0) is 17.9. The van der Waals surface area contributed by atoms with Gasteiger partial charge in [0.1, 0.15) is 0 Å². The maximum atomic E-state index is 13.3. The zero-order valence-electron chi connectivity index (χ0n) is 11.7. The van der Waals surface area contributed by atoms with Crippen molar-refractivity contribution in [3.05, 3.63) is 41.2 Å². The smallest absolute Gasteiger partial charge is 0.337 e. The molecular weight excluding hydrogens is 341 g/mol. The Balaban J connectivity index is 1.94. The second-order valence-corrected chi connectivity index (χ2v) is 4.45. The molecule has 0 saturated heterocycles. The number of carbonyl (C=O) groups excluding carboxylic acids is 2. The van der Waals surface area contributed by atoms with E-state index in [-0.39, 0.29) is 18.9 Å². The minimum atomic E-state index is -2.35. The molecular formula is C14H8F5NO4. The third-order valence-electron chi connectivity index (χ3n) is 2.76. The molecule has 10 heteroatoms. The van der Waals surface area contributed by atoms with E-state index in [1.54, 1.807) is 0 Å². The van der Waals surface area contributed by atoms with Crippen LogP contribution in [0.25, 0.3) is 0 Å². The molecule has 0 unspecified atom stereocenters. The lowest BCUT2D eigenvalue weighted by Crippen LogP contribution is -2.13. The predicted octanol–water partition coefficient (Wildman–Crippen LogP) is 2.58. The summed E-state index contributed by atoms with van der Waals surface area (Å²) in [5.74, 6) is -14.7. The summed E-state index contributed by atoms with van der Waals surface area (Å²) in [6, 6.07) is 0. The number of halogens is 5. The van der Waals surface area contributed by atoms with Crippen LogP contribution in [0.4, 0.5) is 22.0 Å². The number of carbonyl (C=O) groups is 2. The van der Waals surface area contributed by atoms with Crippen molar-refractivity contribution in [1.82, 2.24) is 0 Å². The van der Waals surface area contributed by atoms with Crippen LogP contribution in [0.1, 0.15) is 12.8 Å². The number of nitrogens with zero attached hydrogens (tertiary/aromatic N) is 1. The van der Waals surface area contributed by atoms with Crippen LogP contribution in [0.3, 0.4) is 0 Å². The van der Waals surface area contributed by atoms with E-state index in [4.69, 9.17) is 0 Å². The summed E-state index contributed by atoms with van der Waals surface area (Å²) in [5, 5.41) is 0. The number of ether oxygens (including phenoxy) is 2. The molecule has 24 heavy (non-hydrogen) atoms. The van der Waals surface area contributed by atoms with E-state index >= 15 is 0 Å². The number of rotatable bonds is 5. The van der Waals surface area contributed by atoms with Crippen LogP contribution in [0.15, 0.2) is 17.1 Å². The first-order valence-electron chi connectivity index (χ1n) is 6.47. The summed E-state index contributed by atoms with van der Waals surface area (Å²) in [6.45, 7) is 0.0131. The zero-order valence-corrected chi connectivity index (χ0v) is 11.7. The average Bonchev–Trinajstić information content (AvgIpc) is 2.97. The molecule has 0 amide bonds. The fourth-order valence-electron chi connectivity index (χ4n) is 1.65. The molecule has 0 aromatic heterocycles. The van der Waals surface area contributed by atoms with E-state index in [1.807, 2.05) is 0 Å². The van der Waals surface area contributed by atoms with E-state index in [0.29, 0.717) is 0 Å². The van der Waals surface area contributed by atoms with Crippen molar-refractivity contribution in [3.8, 4) is 5.75 Å². The van der Waals surface area contributed by atoms with Gasteiger partial charge in [-0.1, -0.05) is 0 Å². The molecule has 0 radical (unpaired) electrons. The van der Waals surface area contributed by atoms with E-state index < -0.39 is 53.2 Å². The molecule has 0 fully saturated rings. The second-order valence-electron chi connectivity index (χ2n) is 4.45. The third kappa shape index (κ3) is 3.76. The van der Waals surface area contributed by atoms with Gasteiger partial charge in [0.2, 0.25) is 40.7 Å². The Morgan fingerprint density at radius 2 is 1.58 bits per heavy atom. The summed E-state index contributed by atoms with van der Waals surface area (Å²) in [7, 11) is 0. The standard InChI is InChI=1S/C14H8F5NO4/c15-9-10(16)12(18)14(13(19)11(9)17)24-7(21)2-1-5-20-6-3-4-8(22)23-6/h3-4H,1-2,5H2. The van der Waals surface area contributed by atoms with E-state index in [1.165, 1.54) is 6.08 Å². The monoisotopic (exact) mass is 349 g/mol. The van der Waals surface area contributed by atoms with Gasteiger partial charge in [0, 0.05) is 25.1 Å². The highest BCUT2D eigenvalue weighted by Gasteiger charge is 2.28. The van der Waals surface area contributed by atoms with Crippen molar-refractivity contribution in [2.45, 2.75) is 12.8 Å². The van der Waals surface area contributed by atoms with E-state index in [9.17, 15) is 31.5 Å². The van der Waals surface area contributed by atoms with Crippen molar-refractivity contribution in [1.29, 1.82) is 0 Å². The maximum absolute atomic E-state index is 13.3. The topological polar surface area (TPSA) is 65.0 Å². The van der Waals surface area contributed by atoms with Gasteiger partial charge in [0.05, 0.1) is 0 Å². The van der Waals surface area contributed by atoms with Crippen molar-refractivity contribution in [3.63, 3.8) is 0 Å².